The fraction of sp³-hybridized carbons (Fsp3) is 0.647. The SMILES string of the molecule is CN1CC[C@@H]2[C@@H]3Cc4ccccc4[C@@H](C3)C[C@H]2C1. The van der Waals surface area contributed by atoms with Crippen LogP contribution in [0.2, 0.25) is 0 Å². The molecule has 96 valence electrons. The summed E-state index contributed by atoms with van der Waals surface area (Å²) in [7, 11) is 2.30. The minimum Gasteiger partial charge on any atom is -0.306 e. The average Bonchev–Trinajstić information content (AvgIpc) is 2.38. The molecule has 1 aromatic carbocycles. The zero-order chi connectivity index (χ0) is 12.1. The molecule has 1 aromatic rings. The van der Waals surface area contributed by atoms with Crippen molar-refractivity contribution in [2.75, 3.05) is 20.1 Å². The van der Waals surface area contributed by atoms with Gasteiger partial charge in [0, 0.05) is 6.54 Å². The van der Waals surface area contributed by atoms with E-state index in [4.69, 9.17) is 0 Å². The predicted octanol–water partition coefficient (Wildman–Crippen LogP) is 3.30. The molecule has 0 unspecified atom stereocenters. The van der Waals surface area contributed by atoms with Gasteiger partial charge in [-0.05, 0) is 74.1 Å². The van der Waals surface area contributed by atoms with E-state index < -0.39 is 0 Å². The van der Waals surface area contributed by atoms with Gasteiger partial charge in [0.25, 0.3) is 0 Å². The molecule has 0 spiro atoms. The Morgan fingerprint density at radius 2 is 1.94 bits per heavy atom. The average molecular weight is 241 g/mol. The topological polar surface area (TPSA) is 3.24 Å². The number of benzene rings is 1. The van der Waals surface area contributed by atoms with Gasteiger partial charge in [-0.15, -0.1) is 0 Å². The number of nitrogens with zero attached hydrogens (tertiary/aromatic N) is 1. The highest BCUT2D eigenvalue weighted by Crippen LogP contribution is 2.51. The third kappa shape index (κ3) is 1.64. The number of hydrogen-bond donors (Lipinski definition) is 0. The lowest BCUT2D eigenvalue weighted by molar-refractivity contribution is 0.0434. The Bertz CT molecular complexity index is 453. The van der Waals surface area contributed by atoms with E-state index in [1.807, 2.05) is 0 Å². The van der Waals surface area contributed by atoms with Crippen LogP contribution in [0.25, 0.3) is 0 Å². The summed E-state index contributed by atoms with van der Waals surface area (Å²) in [6.07, 6.45) is 5.72. The maximum absolute atomic E-state index is 2.55. The zero-order valence-electron chi connectivity index (χ0n) is 11.3. The molecule has 0 amide bonds. The monoisotopic (exact) mass is 241 g/mol. The van der Waals surface area contributed by atoms with E-state index in [1.54, 1.807) is 11.1 Å². The second kappa shape index (κ2) is 4.09. The van der Waals surface area contributed by atoms with Gasteiger partial charge in [-0.25, -0.2) is 0 Å². The second-order valence-electron chi connectivity index (χ2n) is 6.81. The van der Waals surface area contributed by atoms with E-state index in [-0.39, 0.29) is 0 Å². The molecule has 0 radical (unpaired) electrons. The fourth-order valence-corrected chi connectivity index (χ4v) is 4.99. The Kier molecular flexibility index (Phi) is 2.51. The van der Waals surface area contributed by atoms with E-state index in [1.165, 1.54) is 38.8 Å². The first-order chi connectivity index (χ1) is 8.81. The third-order valence-electron chi connectivity index (χ3n) is 5.75. The molecular weight excluding hydrogens is 218 g/mol. The number of piperidine rings is 1. The molecule has 2 bridgehead atoms. The maximum atomic E-state index is 2.55. The predicted molar refractivity (Wildman–Crippen MR) is 74.7 cm³/mol. The lowest BCUT2D eigenvalue weighted by atomic mass is 9.59. The van der Waals surface area contributed by atoms with Gasteiger partial charge in [0.15, 0.2) is 0 Å². The van der Waals surface area contributed by atoms with Gasteiger partial charge in [0.1, 0.15) is 0 Å². The van der Waals surface area contributed by atoms with E-state index in [0.29, 0.717) is 0 Å². The minimum absolute atomic E-state index is 0.868. The van der Waals surface area contributed by atoms with Crippen molar-refractivity contribution >= 4 is 0 Å². The van der Waals surface area contributed by atoms with Crippen LogP contribution in [0.5, 0.6) is 0 Å². The Balaban J connectivity index is 1.68. The molecular formula is C17H23N. The lowest BCUT2D eigenvalue weighted by Crippen LogP contribution is -2.46. The first-order valence-corrected chi connectivity index (χ1v) is 7.57. The molecule has 4 rings (SSSR count). The van der Waals surface area contributed by atoms with Crippen molar-refractivity contribution < 1.29 is 0 Å². The molecule has 2 fully saturated rings. The highest BCUT2D eigenvalue weighted by Gasteiger charge is 2.43. The van der Waals surface area contributed by atoms with Crippen LogP contribution >= 0.6 is 0 Å². The molecule has 0 N–H and O–H groups in total. The van der Waals surface area contributed by atoms with Gasteiger partial charge in [-0.1, -0.05) is 24.3 Å². The lowest BCUT2D eigenvalue weighted by Gasteiger charge is -2.50. The van der Waals surface area contributed by atoms with Crippen molar-refractivity contribution in [2.45, 2.75) is 31.6 Å². The van der Waals surface area contributed by atoms with Crippen LogP contribution in [0.15, 0.2) is 24.3 Å². The third-order valence-corrected chi connectivity index (χ3v) is 5.75. The Labute approximate surface area is 110 Å². The smallest absolute Gasteiger partial charge is 0.000959 e. The quantitative estimate of drug-likeness (QED) is 0.673. The molecule has 1 saturated heterocycles. The molecule has 4 atom stereocenters. The van der Waals surface area contributed by atoms with Crippen LogP contribution < -0.4 is 0 Å². The minimum atomic E-state index is 0.868. The van der Waals surface area contributed by atoms with Crippen molar-refractivity contribution in [1.29, 1.82) is 0 Å². The van der Waals surface area contributed by atoms with Crippen LogP contribution in [-0.4, -0.2) is 25.0 Å². The molecule has 3 aliphatic rings. The Morgan fingerprint density at radius 3 is 2.89 bits per heavy atom. The van der Waals surface area contributed by atoms with Crippen molar-refractivity contribution in [3.05, 3.63) is 35.4 Å². The van der Waals surface area contributed by atoms with E-state index in [9.17, 15) is 0 Å². The molecule has 1 heteroatoms. The highest BCUT2D eigenvalue weighted by atomic mass is 15.1. The van der Waals surface area contributed by atoms with Gasteiger partial charge >= 0.3 is 0 Å². The summed E-state index contributed by atoms with van der Waals surface area (Å²) >= 11 is 0. The number of rotatable bonds is 0. The molecule has 2 aliphatic carbocycles. The Hall–Kier alpha value is -0.820. The van der Waals surface area contributed by atoms with Crippen LogP contribution in [0.1, 0.15) is 36.3 Å². The first-order valence-electron chi connectivity index (χ1n) is 7.57. The van der Waals surface area contributed by atoms with Crippen molar-refractivity contribution in [3.63, 3.8) is 0 Å². The molecule has 1 aliphatic heterocycles. The van der Waals surface area contributed by atoms with Crippen LogP contribution in [-0.2, 0) is 6.42 Å². The molecule has 1 heterocycles. The van der Waals surface area contributed by atoms with Gasteiger partial charge < -0.3 is 4.90 Å². The summed E-state index contributed by atoms with van der Waals surface area (Å²) in [6.45, 7) is 2.67. The van der Waals surface area contributed by atoms with E-state index in [0.717, 1.165) is 23.7 Å². The number of hydrogen-bond acceptors (Lipinski definition) is 1. The van der Waals surface area contributed by atoms with Gasteiger partial charge in [0.2, 0.25) is 0 Å². The van der Waals surface area contributed by atoms with E-state index >= 15 is 0 Å². The maximum Gasteiger partial charge on any atom is 0.000959 e. The number of fused-ring (bicyclic) bond motifs is 6. The molecule has 1 nitrogen and oxygen atoms in total. The Morgan fingerprint density at radius 1 is 1.11 bits per heavy atom. The van der Waals surface area contributed by atoms with E-state index in [2.05, 4.69) is 36.2 Å². The largest absolute Gasteiger partial charge is 0.306 e. The summed E-state index contributed by atoms with van der Waals surface area (Å²) in [4.78, 5) is 2.55. The molecule has 0 aromatic heterocycles. The summed E-state index contributed by atoms with van der Waals surface area (Å²) in [5.41, 5.74) is 3.34. The van der Waals surface area contributed by atoms with Crippen LogP contribution in [0.3, 0.4) is 0 Å². The van der Waals surface area contributed by atoms with Crippen LogP contribution in [0.4, 0.5) is 0 Å². The summed E-state index contributed by atoms with van der Waals surface area (Å²) < 4.78 is 0. The normalized spacial score (nSPS) is 38.9. The van der Waals surface area contributed by atoms with Gasteiger partial charge in [-0.2, -0.15) is 0 Å². The van der Waals surface area contributed by atoms with Gasteiger partial charge in [-0.3, -0.25) is 0 Å². The second-order valence-corrected chi connectivity index (χ2v) is 6.81. The van der Waals surface area contributed by atoms with Crippen LogP contribution in [0, 0.1) is 17.8 Å². The summed E-state index contributed by atoms with van der Waals surface area (Å²) in [5, 5.41) is 0. The van der Waals surface area contributed by atoms with Crippen molar-refractivity contribution in [1.82, 2.24) is 4.90 Å². The zero-order valence-corrected chi connectivity index (χ0v) is 11.3. The standard InChI is InChI=1S/C17H23N/c1-18-7-6-17-13-8-12-4-2-3-5-16(12)14(9-13)10-15(17)11-18/h2-5,13-15,17H,6-11H2,1H3/t13-,14+,15+,17-/m1/s1. The first kappa shape index (κ1) is 11.0. The van der Waals surface area contributed by atoms with Crippen molar-refractivity contribution in [2.24, 2.45) is 17.8 Å². The number of likely N-dealkylation sites (tertiary alicyclic amines) is 1. The molecule has 1 saturated carbocycles. The summed E-state index contributed by atoms with van der Waals surface area (Å²) in [5.74, 6) is 3.84. The van der Waals surface area contributed by atoms with Crippen molar-refractivity contribution in [3.8, 4) is 0 Å². The highest BCUT2D eigenvalue weighted by molar-refractivity contribution is 5.34. The summed E-state index contributed by atoms with van der Waals surface area (Å²) in [6, 6.07) is 9.23. The fourth-order valence-electron chi connectivity index (χ4n) is 4.99. The van der Waals surface area contributed by atoms with Gasteiger partial charge in [0.05, 0.1) is 0 Å². The molecule has 18 heavy (non-hydrogen) atoms.